The molecule has 138 valence electrons. The standard InChI is InChI=1S/C22H28O3Si/c1-22(2,3)26(4,5)25-16-18-10-6-7-12-20(18)21(24)14-13-17-9-8-11-19(23)15-17/h6-15,23H,16H2,1-5H3/b14-13+. The molecule has 0 amide bonds. The van der Waals surface area contributed by atoms with E-state index in [1.807, 2.05) is 30.3 Å². The summed E-state index contributed by atoms with van der Waals surface area (Å²) in [5, 5.41) is 9.65. The first kappa shape index (κ1) is 20.1. The molecule has 1 N–H and O–H groups in total. The average molecular weight is 369 g/mol. The average Bonchev–Trinajstić information content (AvgIpc) is 2.57. The second-order valence-corrected chi connectivity index (χ2v) is 12.8. The van der Waals surface area contributed by atoms with Crippen LogP contribution in [-0.2, 0) is 11.0 Å². The maximum absolute atomic E-state index is 12.7. The smallest absolute Gasteiger partial charge is 0.192 e. The molecule has 0 radical (unpaired) electrons. The largest absolute Gasteiger partial charge is 0.508 e. The second-order valence-electron chi connectivity index (χ2n) is 8.00. The molecule has 0 unspecified atom stereocenters. The van der Waals surface area contributed by atoms with E-state index in [0.29, 0.717) is 12.2 Å². The molecular weight excluding hydrogens is 340 g/mol. The molecule has 0 saturated heterocycles. The van der Waals surface area contributed by atoms with Crippen molar-refractivity contribution in [3.8, 4) is 5.75 Å². The highest BCUT2D eigenvalue weighted by Crippen LogP contribution is 2.37. The molecule has 0 fully saturated rings. The van der Waals surface area contributed by atoms with E-state index in [0.717, 1.165) is 11.1 Å². The van der Waals surface area contributed by atoms with Gasteiger partial charge in [0.2, 0.25) is 0 Å². The molecule has 26 heavy (non-hydrogen) atoms. The van der Waals surface area contributed by atoms with E-state index in [-0.39, 0.29) is 16.6 Å². The van der Waals surface area contributed by atoms with Crippen LogP contribution in [0.3, 0.4) is 0 Å². The van der Waals surface area contributed by atoms with Crippen molar-refractivity contribution in [1.29, 1.82) is 0 Å². The Morgan fingerprint density at radius 2 is 1.81 bits per heavy atom. The van der Waals surface area contributed by atoms with Crippen LogP contribution in [0.15, 0.2) is 54.6 Å². The van der Waals surface area contributed by atoms with E-state index < -0.39 is 8.32 Å². The Morgan fingerprint density at radius 1 is 1.12 bits per heavy atom. The Bertz CT molecular complexity index is 801. The van der Waals surface area contributed by atoms with Crippen molar-refractivity contribution >= 4 is 20.2 Å². The first-order chi connectivity index (χ1) is 12.1. The summed E-state index contributed by atoms with van der Waals surface area (Å²) in [5.41, 5.74) is 2.35. The van der Waals surface area contributed by atoms with Gasteiger partial charge in [0.05, 0.1) is 6.61 Å². The lowest BCUT2D eigenvalue weighted by atomic mass is 10.0. The summed E-state index contributed by atoms with van der Waals surface area (Å²) in [5.74, 6) is 0.116. The summed E-state index contributed by atoms with van der Waals surface area (Å²) < 4.78 is 6.28. The van der Waals surface area contributed by atoms with Crippen LogP contribution in [0, 0.1) is 0 Å². The number of phenolic OH excluding ortho intramolecular Hbond substituents is 1. The molecule has 3 nitrogen and oxygen atoms in total. The Kier molecular flexibility index (Phi) is 6.21. The minimum atomic E-state index is -1.88. The van der Waals surface area contributed by atoms with E-state index in [4.69, 9.17) is 4.43 Å². The van der Waals surface area contributed by atoms with Gasteiger partial charge in [-0.05, 0) is 47.5 Å². The molecule has 2 aromatic rings. The van der Waals surface area contributed by atoms with Crippen LogP contribution in [0.5, 0.6) is 5.75 Å². The number of aromatic hydroxyl groups is 1. The summed E-state index contributed by atoms with van der Waals surface area (Å²) in [6, 6.07) is 14.4. The van der Waals surface area contributed by atoms with Crippen molar-refractivity contribution in [2.24, 2.45) is 0 Å². The van der Waals surface area contributed by atoms with Gasteiger partial charge < -0.3 is 9.53 Å². The number of carbonyl (C=O) groups excluding carboxylic acids is 1. The molecule has 0 atom stereocenters. The van der Waals surface area contributed by atoms with E-state index in [2.05, 4.69) is 33.9 Å². The molecule has 0 aliphatic heterocycles. The summed E-state index contributed by atoms with van der Waals surface area (Å²) in [7, 11) is -1.88. The van der Waals surface area contributed by atoms with Crippen LogP contribution >= 0.6 is 0 Å². The molecule has 0 aromatic heterocycles. The monoisotopic (exact) mass is 368 g/mol. The van der Waals surface area contributed by atoms with Gasteiger partial charge >= 0.3 is 0 Å². The Balaban J connectivity index is 2.16. The van der Waals surface area contributed by atoms with Crippen LogP contribution in [0.2, 0.25) is 18.1 Å². The number of carbonyl (C=O) groups is 1. The van der Waals surface area contributed by atoms with Gasteiger partial charge in [-0.3, -0.25) is 4.79 Å². The number of ketones is 1. The molecule has 2 aromatic carbocycles. The Morgan fingerprint density at radius 3 is 2.46 bits per heavy atom. The maximum atomic E-state index is 12.7. The van der Waals surface area contributed by atoms with Gasteiger partial charge in [0, 0.05) is 5.56 Å². The first-order valence-electron chi connectivity index (χ1n) is 8.83. The highest BCUT2D eigenvalue weighted by Gasteiger charge is 2.37. The lowest BCUT2D eigenvalue weighted by molar-refractivity contribution is 0.104. The molecule has 0 spiro atoms. The van der Waals surface area contributed by atoms with Crippen LogP contribution in [0.1, 0.15) is 42.3 Å². The third-order valence-corrected chi connectivity index (χ3v) is 9.45. The van der Waals surface area contributed by atoms with Gasteiger partial charge in [0.25, 0.3) is 0 Å². The number of rotatable bonds is 6. The molecular formula is C22H28O3Si. The molecule has 0 aliphatic rings. The molecule has 0 saturated carbocycles. The quantitative estimate of drug-likeness (QED) is 0.397. The van der Waals surface area contributed by atoms with E-state index in [1.54, 1.807) is 30.4 Å². The van der Waals surface area contributed by atoms with Gasteiger partial charge in [0.1, 0.15) is 5.75 Å². The lowest BCUT2D eigenvalue weighted by Gasteiger charge is -2.36. The number of allylic oxidation sites excluding steroid dienone is 1. The Labute approximate surface area is 157 Å². The third-order valence-electron chi connectivity index (χ3n) is 4.97. The number of hydrogen-bond donors (Lipinski definition) is 1. The molecule has 4 heteroatoms. The summed E-state index contributed by atoms with van der Waals surface area (Å²) >= 11 is 0. The zero-order valence-corrected chi connectivity index (χ0v) is 17.2. The second kappa shape index (κ2) is 8.02. The summed E-state index contributed by atoms with van der Waals surface area (Å²) in [6.07, 6.45) is 3.26. The van der Waals surface area contributed by atoms with Crippen molar-refractivity contribution in [3.63, 3.8) is 0 Å². The van der Waals surface area contributed by atoms with Crippen molar-refractivity contribution in [2.75, 3.05) is 0 Å². The molecule has 0 bridgehead atoms. The van der Waals surface area contributed by atoms with Crippen LogP contribution in [-0.4, -0.2) is 19.2 Å². The number of hydrogen-bond acceptors (Lipinski definition) is 3. The lowest BCUT2D eigenvalue weighted by Crippen LogP contribution is -2.40. The molecule has 2 rings (SSSR count). The third kappa shape index (κ3) is 5.16. The Hall–Kier alpha value is -2.17. The van der Waals surface area contributed by atoms with Crippen molar-refractivity contribution in [3.05, 3.63) is 71.3 Å². The number of benzene rings is 2. The predicted octanol–water partition coefficient (Wildman–Crippen LogP) is 5.81. The van der Waals surface area contributed by atoms with E-state index in [1.165, 1.54) is 0 Å². The van der Waals surface area contributed by atoms with Gasteiger partial charge in [-0.1, -0.05) is 63.2 Å². The predicted molar refractivity (Wildman–Crippen MR) is 110 cm³/mol. The minimum Gasteiger partial charge on any atom is -0.508 e. The fraction of sp³-hybridized carbons (Fsp3) is 0.318. The fourth-order valence-corrected chi connectivity index (χ4v) is 3.20. The highest BCUT2D eigenvalue weighted by atomic mass is 28.4. The maximum Gasteiger partial charge on any atom is 0.192 e. The van der Waals surface area contributed by atoms with Crippen molar-refractivity contribution in [1.82, 2.24) is 0 Å². The van der Waals surface area contributed by atoms with Gasteiger partial charge in [-0.2, -0.15) is 0 Å². The van der Waals surface area contributed by atoms with Gasteiger partial charge in [0.15, 0.2) is 14.1 Å². The molecule has 0 aliphatic carbocycles. The van der Waals surface area contributed by atoms with Gasteiger partial charge in [-0.25, -0.2) is 0 Å². The van der Waals surface area contributed by atoms with E-state index in [9.17, 15) is 9.90 Å². The van der Waals surface area contributed by atoms with Crippen molar-refractivity contribution < 1.29 is 14.3 Å². The van der Waals surface area contributed by atoms with Crippen LogP contribution in [0.25, 0.3) is 6.08 Å². The van der Waals surface area contributed by atoms with Crippen LogP contribution in [0.4, 0.5) is 0 Å². The highest BCUT2D eigenvalue weighted by molar-refractivity contribution is 6.74. The molecule has 0 heterocycles. The normalized spacial score (nSPS) is 12.5. The topological polar surface area (TPSA) is 46.5 Å². The zero-order chi connectivity index (χ0) is 19.4. The SMILES string of the molecule is CC(C)(C)[Si](C)(C)OCc1ccccc1C(=O)/C=C/c1cccc(O)c1. The minimum absolute atomic E-state index is 0.0669. The summed E-state index contributed by atoms with van der Waals surface area (Å²) in [6.45, 7) is 11.5. The van der Waals surface area contributed by atoms with Crippen molar-refractivity contribution in [2.45, 2.75) is 45.5 Å². The summed E-state index contributed by atoms with van der Waals surface area (Å²) in [4.78, 5) is 12.7. The fourth-order valence-electron chi connectivity index (χ4n) is 2.25. The first-order valence-corrected chi connectivity index (χ1v) is 11.7. The van der Waals surface area contributed by atoms with Crippen LogP contribution < -0.4 is 0 Å². The van der Waals surface area contributed by atoms with Gasteiger partial charge in [-0.15, -0.1) is 0 Å². The zero-order valence-electron chi connectivity index (χ0n) is 16.2. The number of phenols is 1. The van der Waals surface area contributed by atoms with E-state index >= 15 is 0 Å².